The molecule has 0 atom stereocenters. The van der Waals surface area contributed by atoms with E-state index < -0.39 is 5.97 Å². The number of amides is 2. The van der Waals surface area contributed by atoms with Crippen LogP contribution in [0.5, 0.6) is 0 Å². The van der Waals surface area contributed by atoms with Crippen LogP contribution >= 0.6 is 0 Å². The molecule has 0 radical (unpaired) electrons. The van der Waals surface area contributed by atoms with Crippen molar-refractivity contribution in [2.75, 3.05) is 24.6 Å². The Labute approximate surface area is 164 Å². The largest absolute Gasteiger partial charge is 0.456 e. The molecular weight excluding hydrogens is 360 g/mol. The van der Waals surface area contributed by atoms with Crippen molar-refractivity contribution in [3.8, 4) is 0 Å². The number of nitrogens with zero attached hydrogens (tertiary/aromatic N) is 1. The highest BCUT2D eigenvalue weighted by atomic mass is 16.5. The Hall–Kier alpha value is -2.70. The summed E-state index contributed by atoms with van der Waals surface area (Å²) in [5, 5.41) is 2.60. The highest BCUT2D eigenvalue weighted by molar-refractivity contribution is 5.99. The van der Waals surface area contributed by atoms with E-state index in [1.54, 1.807) is 29.2 Å². The number of carbonyl (C=O) groups is 4. The van der Waals surface area contributed by atoms with Crippen LogP contribution in [-0.2, 0) is 19.1 Å². The van der Waals surface area contributed by atoms with Crippen molar-refractivity contribution in [1.29, 1.82) is 0 Å². The lowest BCUT2D eigenvalue weighted by atomic mass is 9.89. The molecule has 2 fully saturated rings. The molecule has 1 aliphatic carbocycles. The third-order valence-corrected chi connectivity index (χ3v) is 5.32. The van der Waals surface area contributed by atoms with Crippen LogP contribution in [0.1, 0.15) is 55.3 Å². The summed E-state index contributed by atoms with van der Waals surface area (Å²) in [6.07, 6.45) is 6.35. The second-order valence-corrected chi connectivity index (χ2v) is 7.33. The van der Waals surface area contributed by atoms with Gasteiger partial charge in [0.15, 0.2) is 12.4 Å². The van der Waals surface area contributed by atoms with Gasteiger partial charge in [0.2, 0.25) is 11.8 Å². The first-order valence-electron chi connectivity index (χ1n) is 9.91. The second-order valence-electron chi connectivity index (χ2n) is 7.33. The number of rotatable bonds is 7. The third kappa shape index (κ3) is 5.18. The lowest BCUT2D eigenvalue weighted by Crippen LogP contribution is -2.36. The number of esters is 1. The van der Waals surface area contributed by atoms with Gasteiger partial charge in [-0.15, -0.1) is 0 Å². The first kappa shape index (κ1) is 20.0. The van der Waals surface area contributed by atoms with Crippen LogP contribution < -0.4 is 10.2 Å². The van der Waals surface area contributed by atoms with Gasteiger partial charge in [0.05, 0.1) is 0 Å². The predicted octanol–water partition coefficient (Wildman–Crippen LogP) is 2.24. The molecule has 1 aliphatic heterocycles. The van der Waals surface area contributed by atoms with Crippen LogP contribution in [0, 0.1) is 5.92 Å². The van der Waals surface area contributed by atoms with Crippen molar-refractivity contribution in [1.82, 2.24) is 5.32 Å². The quantitative estimate of drug-likeness (QED) is 0.573. The number of ether oxygens (including phenoxy) is 1. The lowest BCUT2D eigenvalue weighted by molar-refractivity contribution is -0.143. The zero-order valence-electron chi connectivity index (χ0n) is 15.9. The second kappa shape index (κ2) is 9.48. The molecule has 150 valence electrons. The average Bonchev–Trinajstić information content (AvgIpc) is 3.16. The topological polar surface area (TPSA) is 92.8 Å². The van der Waals surface area contributed by atoms with Crippen LogP contribution in [0.2, 0.25) is 0 Å². The van der Waals surface area contributed by atoms with Crippen LogP contribution in [0.15, 0.2) is 24.3 Å². The maximum atomic E-state index is 12.2. The monoisotopic (exact) mass is 386 g/mol. The number of hydrogen-bond acceptors (Lipinski definition) is 5. The summed E-state index contributed by atoms with van der Waals surface area (Å²) in [7, 11) is 0. The Morgan fingerprint density at radius 3 is 2.39 bits per heavy atom. The standard InChI is InChI=1S/C21H26N2O5/c24-18(15-8-10-17(11-9-15)23-12-4-7-19(23)25)14-28-20(26)13-22-21(27)16-5-2-1-3-6-16/h8-11,16H,1-7,12-14H2,(H,22,27). The highest BCUT2D eigenvalue weighted by Gasteiger charge is 2.23. The Morgan fingerprint density at radius 1 is 1.04 bits per heavy atom. The molecular formula is C21H26N2O5. The fourth-order valence-corrected chi connectivity index (χ4v) is 3.70. The first-order valence-corrected chi connectivity index (χ1v) is 9.91. The molecule has 2 aliphatic rings. The molecule has 1 saturated heterocycles. The zero-order chi connectivity index (χ0) is 19.9. The molecule has 1 aromatic carbocycles. The number of hydrogen-bond donors (Lipinski definition) is 1. The molecule has 1 N–H and O–H groups in total. The summed E-state index contributed by atoms with van der Waals surface area (Å²) in [5.41, 5.74) is 1.18. The number of anilines is 1. The third-order valence-electron chi connectivity index (χ3n) is 5.32. The Bertz CT molecular complexity index is 738. The Kier molecular flexibility index (Phi) is 6.79. The van der Waals surface area contributed by atoms with Gasteiger partial charge in [-0.1, -0.05) is 19.3 Å². The summed E-state index contributed by atoms with van der Waals surface area (Å²) in [5.74, 6) is -1.01. The average molecular weight is 386 g/mol. The SMILES string of the molecule is O=C(CNC(=O)C1CCCCC1)OCC(=O)c1ccc(N2CCCC2=O)cc1. The van der Waals surface area contributed by atoms with Crippen molar-refractivity contribution in [3.63, 3.8) is 0 Å². The summed E-state index contributed by atoms with van der Waals surface area (Å²) in [4.78, 5) is 49.4. The van der Waals surface area contributed by atoms with Gasteiger partial charge >= 0.3 is 5.97 Å². The summed E-state index contributed by atoms with van der Waals surface area (Å²) in [6.45, 7) is 0.0923. The van der Waals surface area contributed by atoms with Crippen molar-refractivity contribution in [2.24, 2.45) is 5.92 Å². The molecule has 1 saturated carbocycles. The van der Waals surface area contributed by atoms with Crippen molar-refractivity contribution in [3.05, 3.63) is 29.8 Å². The minimum atomic E-state index is -0.628. The van der Waals surface area contributed by atoms with Crippen LogP contribution in [0.3, 0.4) is 0 Å². The van der Waals surface area contributed by atoms with Crippen LogP contribution in [0.25, 0.3) is 0 Å². The number of benzene rings is 1. The Morgan fingerprint density at radius 2 is 1.75 bits per heavy atom. The molecule has 7 nitrogen and oxygen atoms in total. The van der Waals surface area contributed by atoms with Gasteiger partial charge in [-0.25, -0.2) is 0 Å². The van der Waals surface area contributed by atoms with Crippen LogP contribution in [-0.4, -0.2) is 43.3 Å². The van der Waals surface area contributed by atoms with Gasteiger partial charge in [-0.2, -0.15) is 0 Å². The van der Waals surface area contributed by atoms with E-state index in [9.17, 15) is 19.2 Å². The molecule has 1 heterocycles. The highest BCUT2D eigenvalue weighted by Crippen LogP contribution is 2.23. The van der Waals surface area contributed by atoms with E-state index >= 15 is 0 Å². The van der Waals surface area contributed by atoms with Crippen molar-refractivity contribution >= 4 is 29.3 Å². The summed E-state index contributed by atoms with van der Waals surface area (Å²) >= 11 is 0. The van der Waals surface area contributed by atoms with E-state index in [1.807, 2.05) is 0 Å². The maximum absolute atomic E-state index is 12.2. The molecule has 0 unspecified atom stereocenters. The maximum Gasteiger partial charge on any atom is 0.325 e. The van der Waals surface area contributed by atoms with Crippen LogP contribution in [0.4, 0.5) is 5.69 Å². The van der Waals surface area contributed by atoms with Gasteiger partial charge in [0, 0.05) is 30.1 Å². The van der Waals surface area contributed by atoms with E-state index in [2.05, 4.69) is 5.32 Å². The molecule has 0 aromatic heterocycles. The fourth-order valence-electron chi connectivity index (χ4n) is 3.70. The number of Topliss-reactive ketones (excluding diaryl/α,β-unsaturated/α-hetero) is 1. The van der Waals surface area contributed by atoms with E-state index in [0.29, 0.717) is 18.5 Å². The smallest absolute Gasteiger partial charge is 0.325 e. The number of nitrogens with one attached hydrogen (secondary N) is 1. The molecule has 28 heavy (non-hydrogen) atoms. The van der Waals surface area contributed by atoms with Gasteiger partial charge in [0.1, 0.15) is 6.54 Å². The van der Waals surface area contributed by atoms with Crippen molar-refractivity contribution < 1.29 is 23.9 Å². The first-order chi connectivity index (χ1) is 13.5. The van der Waals surface area contributed by atoms with Gasteiger partial charge < -0.3 is 15.0 Å². The van der Waals surface area contributed by atoms with Gasteiger partial charge in [-0.05, 0) is 43.5 Å². The summed E-state index contributed by atoms with van der Waals surface area (Å²) in [6, 6.07) is 6.70. The van der Waals surface area contributed by atoms with E-state index in [4.69, 9.17) is 4.74 Å². The minimum absolute atomic E-state index is 0.0239. The van der Waals surface area contributed by atoms with E-state index in [-0.39, 0.29) is 36.7 Å². The zero-order valence-corrected chi connectivity index (χ0v) is 15.9. The molecule has 3 rings (SSSR count). The van der Waals surface area contributed by atoms with Gasteiger partial charge in [-0.3, -0.25) is 19.2 Å². The molecule has 0 spiro atoms. The predicted molar refractivity (Wildman–Crippen MR) is 103 cm³/mol. The van der Waals surface area contributed by atoms with E-state index in [0.717, 1.165) is 44.2 Å². The fraction of sp³-hybridized carbons (Fsp3) is 0.524. The number of ketones is 1. The Balaban J connectivity index is 1.41. The molecule has 7 heteroatoms. The van der Waals surface area contributed by atoms with E-state index in [1.165, 1.54) is 0 Å². The molecule has 0 bridgehead atoms. The molecule has 2 amide bonds. The van der Waals surface area contributed by atoms with Crippen molar-refractivity contribution in [2.45, 2.75) is 44.9 Å². The minimum Gasteiger partial charge on any atom is -0.456 e. The normalized spacial score (nSPS) is 17.4. The number of carbonyl (C=O) groups excluding carboxylic acids is 4. The lowest BCUT2D eigenvalue weighted by Gasteiger charge is -2.20. The molecule has 1 aromatic rings. The summed E-state index contributed by atoms with van der Waals surface area (Å²) < 4.78 is 4.98. The van der Waals surface area contributed by atoms with Gasteiger partial charge in [0.25, 0.3) is 0 Å².